The molecule has 1 aliphatic carbocycles. The number of carbonyl (C=O) groups is 1. The van der Waals surface area contributed by atoms with Crippen LogP contribution in [0.4, 0.5) is 0 Å². The van der Waals surface area contributed by atoms with Crippen molar-refractivity contribution in [1.82, 2.24) is 0 Å². The van der Waals surface area contributed by atoms with Gasteiger partial charge in [-0.25, -0.2) is 0 Å². The fourth-order valence-electron chi connectivity index (χ4n) is 2.78. The molecule has 134 valence electrons. The van der Waals surface area contributed by atoms with Gasteiger partial charge in [0.15, 0.2) is 0 Å². The molecule has 2 rings (SSSR count). The molecule has 0 saturated heterocycles. The number of amides is 1. The van der Waals surface area contributed by atoms with E-state index in [1.165, 1.54) is 6.42 Å². The van der Waals surface area contributed by atoms with Crippen LogP contribution in [0.5, 0.6) is 0 Å². The molecule has 1 amide bonds. The Morgan fingerprint density at radius 2 is 1.83 bits per heavy atom. The summed E-state index contributed by atoms with van der Waals surface area (Å²) in [6, 6.07) is 6.72. The molecule has 7 heteroatoms. The molecule has 0 radical (unpaired) electrons. The number of hydrogen-bond acceptors (Lipinski definition) is 3. The van der Waals surface area contributed by atoms with Crippen LogP contribution in [-0.2, 0) is 25.5 Å². The van der Waals surface area contributed by atoms with E-state index >= 15 is 0 Å². The second kappa shape index (κ2) is 8.25. The number of nitrogens with two attached hydrogens (primary N) is 1. The van der Waals surface area contributed by atoms with E-state index in [2.05, 4.69) is 3.77 Å². The third-order valence-electron chi connectivity index (χ3n) is 4.36. The minimum absolute atomic E-state index is 0.216. The lowest BCUT2D eigenvalue weighted by Crippen LogP contribution is -2.30. The van der Waals surface area contributed by atoms with E-state index in [0.717, 1.165) is 31.2 Å². The van der Waals surface area contributed by atoms with Crippen LogP contribution in [0.2, 0.25) is 0 Å². The molecule has 0 aliphatic heterocycles. The fourth-order valence-corrected chi connectivity index (χ4v) is 7.17. The summed E-state index contributed by atoms with van der Waals surface area (Å²) in [6.07, 6.45) is 5.32. The van der Waals surface area contributed by atoms with Crippen molar-refractivity contribution in [1.29, 1.82) is 0 Å². The molecule has 1 aromatic rings. The number of primary amides is 1. The smallest absolute Gasteiger partial charge is 0.287 e. The lowest BCUT2D eigenvalue weighted by atomic mass is 10.0. The predicted molar refractivity (Wildman–Crippen MR) is 98.3 cm³/mol. The van der Waals surface area contributed by atoms with Crippen LogP contribution >= 0.6 is 0 Å². The molecular formula is C17H26N2O3S2. The largest absolute Gasteiger partial charge is 0.369 e. The first kappa shape index (κ1) is 19.1. The molecule has 1 aliphatic rings. The van der Waals surface area contributed by atoms with Gasteiger partial charge in [-0.3, -0.25) is 4.79 Å². The van der Waals surface area contributed by atoms with Crippen LogP contribution in [0.1, 0.15) is 44.6 Å². The summed E-state index contributed by atoms with van der Waals surface area (Å²) in [5.74, 6) is -0.344. The van der Waals surface area contributed by atoms with E-state index in [1.807, 2.05) is 6.92 Å². The minimum atomic E-state index is -3.71. The molecule has 0 bridgehead atoms. The lowest BCUT2D eigenvalue weighted by Gasteiger charge is -2.25. The number of carbonyl (C=O) groups excluding carboxylic acids is 1. The maximum absolute atomic E-state index is 12.7. The van der Waals surface area contributed by atoms with Gasteiger partial charge in [-0.05, 0) is 31.9 Å². The van der Waals surface area contributed by atoms with Crippen molar-refractivity contribution in [2.75, 3.05) is 5.75 Å². The van der Waals surface area contributed by atoms with Crippen molar-refractivity contribution < 1.29 is 13.2 Å². The van der Waals surface area contributed by atoms with E-state index in [1.54, 1.807) is 31.2 Å². The topological polar surface area (TPSA) is 89.6 Å². The van der Waals surface area contributed by atoms with Gasteiger partial charge in [-0.1, -0.05) is 54.6 Å². The molecule has 0 heterocycles. The molecule has 1 aromatic carbocycles. The van der Waals surface area contributed by atoms with Crippen molar-refractivity contribution in [2.24, 2.45) is 15.4 Å². The molecule has 2 atom stereocenters. The predicted octanol–water partition coefficient (Wildman–Crippen LogP) is 2.94. The highest BCUT2D eigenvalue weighted by Crippen LogP contribution is 2.26. The van der Waals surface area contributed by atoms with Crippen molar-refractivity contribution >= 4 is 26.6 Å². The van der Waals surface area contributed by atoms with Gasteiger partial charge in [0.1, 0.15) is 0 Å². The van der Waals surface area contributed by atoms with Gasteiger partial charge in [0, 0.05) is 16.9 Å². The Hall–Kier alpha value is -1.21. The molecule has 5 nitrogen and oxygen atoms in total. The number of aryl methyl sites for hydroxylation is 1. The molecule has 0 spiro atoms. The number of nitrogens with zero attached hydrogens (tertiary/aromatic N) is 1. The first-order valence-electron chi connectivity index (χ1n) is 8.33. The first-order valence-corrected chi connectivity index (χ1v) is 11.2. The fraction of sp³-hybridized carbons (Fsp3) is 0.588. The van der Waals surface area contributed by atoms with E-state index in [-0.39, 0.29) is 16.1 Å². The standard InChI is InChI=1S/C17H26N2O3S2/c1-13-8-10-16(11-9-13)24(21,22)19-23(12-14(2)17(18)20)15-6-4-3-5-7-15/h8-11,14-15H,3-7,12H2,1-2H3,(H2,18,20). The van der Waals surface area contributed by atoms with E-state index in [0.29, 0.717) is 5.75 Å². The molecule has 0 aromatic heterocycles. The van der Waals surface area contributed by atoms with Crippen LogP contribution in [0.15, 0.2) is 32.9 Å². The second-order valence-corrected chi connectivity index (χ2v) is 10.3. The van der Waals surface area contributed by atoms with Crippen LogP contribution < -0.4 is 5.73 Å². The highest BCUT2D eigenvalue weighted by atomic mass is 32.3. The average molecular weight is 371 g/mol. The summed E-state index contributed by atoms with van der Waals surface area (Å²) in [5.41, 5.74) is 6.38. The third kappa shape index (κ3) is 5.14. The summed E-state index contributed by atoms with van der Waals surface area (Å²) in [6.45, 7) is 3.66. The SMILES string of the molecule is Cc1ccc(S(=O)(=O)N=S(CC(C)C(N)=O)C2CCCCC2)cc1. The monoisotopic (exact) mass is 370 g/mol. The van der Waals surface area contributed by atoms with Crippen LogP contribution in [0, 0.1) is 12.8 Å². The molecule has 24 heavy (non-hydrogen) atoms. The Morgan fingerprint density at radius 1 is 1.25 bits per heavy atom. The Labute approximate surface area is 147 Å². The van der Waals surface area contributed by atoms with Crippen molar-refractivity contribution in [3.63, 3.8) is 0 Å². The number of hydrogen-bond donors (Lipinski definition) is 1. The Bertz CT molecular complexity index is 706. The van der Waals surface area contributed by atoms with Crippen molar-refractivity contribution in [3.8, 4) is 0 Å². The summed E-state index contributed by atoms with van der Waals surface area (Å²) < 4.78 is 29.6. The Morgan fingerprint density at radius 3 is 2.38 bits per heavy atom. The molecule has 2 unspecified atom stereocenters. The van der Waals surface area contributed by atoms with Crippen LogP contribution in [0.3, 0.4) is 0 Å². The number of rotatable bonds is 6. The average Bonchev–Trinajstić information content (AvgIpc) is 2.55. The first-order chi connectivity index (χ1) is 11.3. The number of sulfonamides is 1. The minimum Gasteiger partial charge on any atom is -0.369 e. The third-order valence-corrected chi connectivity index (χ3v) is 8.86. The van der Waals surface area contributed by atoms with Gasteiger partial charge in [-0.15, -0.1) is 3.77 Å². The zero-order valence-electron chi connectivity index (χ0n) is 14.3. The zero-order valence-corrected chi connectivity index (χ0v) is 15.9. The normalized spacial score (nSPS) is 19.1. The lowest BCUT2D eigenvalue weighted by molar-refractivity contribution is -0.120. The summed E-state index contributed by atoms with van der Waals surface area (Å²) in [7, 11) is -4.41. The Kier molecular flexibility index (Phi) is 6.57. The van der Waals surface area contributed by atoms with E-state index in [9.17, 15) is 13.2 Å². The van der Waals surface area contributed by atoms with Gasteiger partial charge in [0.25, 0.3) is 10.0 Å². The van der Waals surface area contributed by atoms with Gasteiger partial charge < -0.3 is 5.73 Å². The van der Waals surface area contributed by atoms with Gasteiger partial charge in [0.05, 0.1) is 4.90 Å². The summed E-state index contributed by atoms with van der Waals surface area (Å²) >= 11 is 0. The Balaban J connectivity index is 2.34. The quantitative estimate of drug-likeness (QED) is 0.835. The van der Waals surface area contributed by atoms with Crippen LogP contribution in [-0.4, -0.2) is 25.3 Å². The highest BCUT2D eigenvalue weighted by molar-refractivity contribution is 8.00. The van der Waals surface area contributed by atoms with Gasteiger partial charge >= 0.3 is 0 Å². The maximum Gasteiger partial charge on any atom is 0.287 e. The molecule has 1 saturated carbocycles. The van der Waals surface area contributed by atoms with Crippen molar-refractivity contribution in [3.05, 3.63) is 29.8 Å². The van der Waals surface area contributed by atoms with Crippen molar-refractivity contribution in [2.45, 2.75) is 56.1 Å². The maximum atomic E-state index is 12.7. The van der Waals surface area contributed by atoms with Crippen LogP contribution in [0.25, 0.3) is 0 Å². The summed E-state index contributed by atoms with van der Waals surface area (Å²) in [4.78, 5) is 11.6. The molecule has 2 N–H and O–H groups in total. The highest BCUT2D eigenvalue weighted by Gasteiger charge is 2.24. The zero-order chi connectivity index (χ0) is 17.7. The molecular weight excluding hydrogens is 344 g/mol. The number of benzene rings is 1. The second-order valence-electron chi connectivity index (χ2n) is 6.49. The molecule has 1 fully saturated rings. The van der Waals surface area contributed by atoms with Gasteiger partial charge in [0.2, 0.25) is 5.91 Å². The van der Waals surface area contributed by atoms with E-state index < -0.39 is 26.6 Å². The summed E-state index contributed by atoms with van der Waals surface area (Å²) in [5, 5.41) is 0.237. The van der Waals surface area contributed by atoms with E-state index in [4.69, 9.17) is 5.73 Å². The van der Waals surface area contributed by atoms with Gasteiger partial charge in [-0.2, -0.15) is 8.42 Å².